The molecule has 0 fully saturated rings. The second-order valence-corrected chi connectivity index (χ2v) is 7.65. The molecular formula is C25H30F2O5. The third-order valence-corrected chi connectivity index (χ3v) is 5.69. The summed E-state index contributed by atoms with van der Waals surface area (Å²) in [5.74, 6) is 1.23. The van der Waals surface area contributed by atoms with Gasteiger partial charge in [-0.3, -0.25) is 0 Å². The Kier molecular flexibility index (Phi) is 8.47. The van der Waals surface area contributed by atoms with Crippen LogP contribution in [0.2, 0.25) is 0 Å². The highest BCUT2D eigenvalue weighted by molar-refractivity contribution is 5.63. The highest BCUT2D eigenvalue weighted by atomic mass is 19.3. The van der Waals surface area contributed by atoms with E-state index in [2.05, 4.69) is 6.58 Å². The number of methoxy groups -OCH3 is 2. The van der Waals surface area contributed by atoms with E-state index in [0.717, 1.165) is 11.1 Å². The molecule has 174 valence electrons. The lowest BCUT2D eigenvalue weighted by Gasteiger charge is -2.40. The van der Waals surface area contributed by atoms with E-state index in [1.165, 1.54) is 7.11 Å². The predicted octanol–water partition coefficient (Wildman–Crippen LogP) is 6.19. The Bertz CT molecular complexity index is 885. The van der Waals surface area contributed by atoms with Crippen LogP contribution in [0, 0.1) is 5.92 Å². The fourth-order valence-electron chi connectivity index (χ4n) is 4.26. The minimum atomic E-state index is -2.44. The first-order chi connectivity index (χ1) is 15.5. The van der Waals surface area contributed by atoms with Crippen molar-refractivity contribution in [2.75, 3.05) is 27.8 Å². The van der Waals surface area contributed by atoms with E-state index in [9.17, 15) is 8.78 Å². The molecule has 3 atom stereocenters. The molecular weight excluding hydrogens is 418 g/mol. The molecule has 1 aliphatic heterocycles. The topological polar surface area (TPSA) is 46.2 Å². The zero-order chi connectivity index (χ0) is 23.1. The Morgan fingerprint density at radius 1 is 1.03 bits per heavy atom. The minimum Gasteiger partial charge on any atom is -0.484 e. The summed E-state index contributed by atoms with van der Waals surface area (Å²) in [4.78, 5) is 0. The highest BCUT2D eigenvalue weighted by Crippen LogP contribution is 2.52. The Labute approximate surface area is 187 Å². The summed E-state index contributed by atoms with van der Waals surface area (Å²) >= 11 is 0. The molecule has 0 N–H and O–H groups in total. The predicted molar refractivity (Wildman–Crippen MR) is 118 cm³/mol. The summed E-state index contributed by atoms with van der Waals surface area (Å²) in [6, 6.07) is 11.1. The lowest BCUT2D eigenvalue weighted by Crippen LogP contribution is -2.31. The monoisotopic (exact) mass is 448 g/mol. The summed E-state index contributed by atoms with van der Waals surface area (Å²) in [7, 11) is 3.08. The first-order valence-corrected chi connectivity index (χ1v) is 10.6. The van der Waals surface area contributed by atoms with Gasteiger partial charge < -0.3 is 23.7 Å². The molecule has 5 nitrogen and oxygen atoms in total. The maximum atomic E-state index is 13.7. The lowest BCUT2D eigenvalue weighted by molar-refractivity contribution is 0.0462. The molecule has 1 aliphatic rings. The van der Waals surface area contributed by atoms with Gasteiger partial charge in [-0.05, 0) is 42.2 Å². The van der Waals surface area contributed by atoms with Crippen LogP contribution in [0.4, 0.5) is 8.78 Å². The number of halogens is 2. The third-order valence-electron chi connectivity index (χ3n) is 5.69. The molecule has 0 bridgehead atoms. The normalized spacial score (nSPS) is 19.9. The number of benzene rings is 2. The molecule has 0 aromatic heterocycles. The fraction of sp³-hybridized carbons (Fsp3) is 0.440. The van der Waals surface area contributed by atoms with Crippen LogP contribution in [-0.2, 0) is 9.47 Å². The van der Waals surface area contributed by atoms with Crippen molar-refractivity contribution < 1.29 is 32.5 Å². The average Bonchev–Trinajstić information content (AvgIpc) is 2.80. The zero-order valence-electron chi connectivity index (χ0n) is 18.7. The Balaban J connectivity index is 2.03. The molecule has 0 saturated carbocycles. The van der Waals surface area contributed by atoms with Gasteiger partial charge in [0.05, 0.1) is 0 Å². The summed E-state index contributed by atoms with van der Waals surface area (Å²) < 4.78 is 54.8. The van der Waals surface area contributed by atoms with Gasteiger partial charge in [-0.15, -0.1) is 0 Å². The van der Waals surface area contributed by atoms with Gasteiger partial charge >= 0.3 is 0 Å². The van der Waals surface area contributed by atoms with Crippen molar-refractivity contribution >= 4 is 6.08 Å². The molecule has 2 aromatic rings. The standard InChI is InChI=1S/C25H30F2O5/c1-5-16-11-19(31-15-29-4)12-22-21(13-23(26)27)20(6-2)25(32-24(16)22)17-7-9-18(10-8-17)30-14-28-3/h5,7-12,20-21,23,25H,1,6,13-15H2,2-4H3/t20-,21+,25-/m0/s1. The largest absolute Gasteiger partial charge is 0.484 e. The first kappa shape index (κ1) is 24.0. The third kappa shape index (κ3) is 5.40. The highest BCUT2D eigenvalue weighted by Gasteiger charge is 2.40. The molecule has 0 spiro atoms. The van der Waals surface area contributed by atoms with Crippen LogP contribution in [0.15, 0.2) is 43.0 Å². The van der Waals surface area contributed by atoms with Gasteiger partial charge in [0.15, 0.2) is 13.6 Å². The van der Waals surface area contributed by atoms with Crippen molar-refractivity contribution in [3.8, 4) is 17.2 Å². The number of hydrogen-bond acceptors (Lipinski definition) is 5. The van der Waals surface area contributed by atoms with Crippen LogP contribution in [0.3, 0.4) is 0 Å². The van der Waals surface area contributed by atoms with Crippen LogP contribution in [0.25, 0.3) is 6.08 Å². The number of fused-ring (bicyclic) bond motifs is 1. The smallest absolute Gasteiger partial charge is 0.239 e. The Morgan fingerprint density at radius 2 is 1.69 bits per heavy atom. The molecule has 0 aliphatic carbocycles. The van der Waals surface area contributed by atoms with E-state index in [4.69, 9.17) is 23.7 Å². The van der Waals surface area contributed by atoms with Crippen molar-refractivity contribution in [1.82, 2.24) is 0 Å². The van der Waals surface area contributed by atoms with Crippen molar-refractivity contribution in [2.45, 2.75) is 38.2 Å². The quantitative estimate of drug-likeness (QED) is 0.383. The molecule has 0 unspecified atom stereocenters. The van der Waals surface area contributed by atoms with Gasteiger partial charge in [0.1, 0.15) is 23.4 Å². The molecule has 7 heteroatoms. The van der Waals surface area contributed by atoms with Crippen LogP contribution in [0.1, 0.15) is 48.5 Å². The van der Waals surface area contributed by atoms with Crippen LogP contribution in [0.5, 0.6) is 17.2 Å². The van der Waals surface area contributed by atoms with E-state index in [-0.39, 0.29) is 32.0 Å². The SMILES string of the molecule is C=Cc1cc(OCOC)cc2c1O[C@@H](c1ccc(OCOC)cc1)[C@@H](CC)[C@H]2CC(F)F. The van der Waals surface area contributed by atoms with Crippen LogP contribution < -0.4 is 14.2 Å². The average molecular weight is 449 g/mol. The number of alkyl halides is 2. The first-order valence-electron chi connectivity index (χ1n) is 10.6. The van der Waals surface area contributed by atoms with E-state index in [1.807, 2.05) is 31.2 Å². The van der Waals surface area contributed by atoms with Gasteiger partial charge in [-0.2, -0.15) is 0 Å². The second kappa shape index (κ2) is 11.3. The number of rotatable bonds is 11. The molecule has 0 radical (unpaired) electrons. The molecule has 1 heterocycles. The minimum absolute atomic E-state index is 0.0626. The number of ether oxygens (including phenoxy) is 5. The van der Waals surface area contributed by atoms with Crippen molar-refractivity contribution in [1.29, 1.82) is 0 Å². The maximum Gasteiger partial charge on any atom is 0.239 e. The summed E-state index contributed by atoms with van der Waals surface area (Å²) in [5, 5.41) is 0. The maximum absolute atomic E-state index is 13.7. The fourth-order valence-corrected chi connectivity index (χ4v) is 4.26. The summed E-state index contributed by atoms with van der Waals surface area (Å²) in [6.45, 7) is 6.09. The number of hydrogen-bond donors (Lipinski definition) is 0. The summed E-state index contributed by atoms with van der Waals surface area (Å²) in [5.41, 5.74) is 2.32. The van der Waals surface area contributed by atoms with Gasteiger partial charge in [-0.25, -0.2) is 8.78 Å². The van der Waals surface area contributed by atoms with E-state index >= 15 is 0 Å². The van der Waals surface area contributed by atoms with Gasteiger partial charge in [-0.1, -0.05) is 31.7 Å². The second-order valence-electron chi connectivity index (χ2n) is 7.65. The van der Waals surface area contributed by atoms with Gasteiger partial charge in [0, 0.05) is 37.7 Å². The van der Waals surface area contributed by atoms with Crippen molar-refractivity contribution in [2.24, 2.45) is 5.92 Å². The van der Waals surface area contributed by atoms with Crippen molar-refractivity contribution in [3.63, 3.8) is 0 Å². The zero-order valence-corrected chi connectivity index (χ0v) is 18.7. The molecule has 2 aromatic carbocycles. The van der Waals surface area contributed by atoms with Gasteiger partial charge in [0.25, 0.3) is 0 Å². The van der Waals surface area contributed by atoms with Gasteiger partial charge in [0.2, 0.25) is 6.43 Å². The Morgan fingerprint density at radius 3 is 2.25 bits per heavy atom. The van der Waals surface area contributed by atoms with E-state index < -0.39 is 12.3 Å². The lowest BCUT2D eigenvalue weighted by atomic mass is 9.74. The van der Waals surface area contributed by atoms with Crippen LogP contribution in [-0.4, -0.2) is 34.2 Å². The van der Waals surface area contributed by atoms with Crippen molar-refractivity contribution in [3.05, 3.63) is 59.7 Å². The molecule has 0 saturated heterocycles. The Hall–Kier alpha value is -2.64. The van der Waals surface area contributed by atoms with E-state index in [0.29, 0.717) is 29.2 Å². The molecule has 32 heavy (non-hydrogen) atoms. The summed E-state index contributed by atoms with van der Waals surface area (Å²) in [6.07, 6.45) is -0.748. The van der Waals surface area contributed by atoms with E-state index in [1.54, 1.807) is 25.3 Å². The molecule has 3 rings (SSSR count). The molecule has 0 amide bonds. The van der Waals surface area contributed by atoms with Crippen LogP contribution >= 0.6 is 0 Å².